The topological polar surface area (TPSA) is 29.5 Å². The average Bonchev–Trinajstić information content (AvgIpc) is 2.18. The van der Waals surface area contributed by atoms with Crippen molar-refractivity contribution in [3.63, 3.8) is 0 Å². The highest BCUT2D eigenvalue weighted by Crippen LogP contribution is 2.27. The smallest absolute Gasteiger partial charge is 0.0516 e. The van der Waals surface area contributed by atoms with Crippen LogP contribution in [0.25, 0.3) is 0 Å². The van der Waals surface area contributed by atoms with Crippen LogP contribution in [0.4, 0.5) is 0 Å². The Hall–Kier alpha value is -0.860. The Morgan fingerprint density at radius 1 is 1.29 bits per heavy atom. The molecule has 1 aliphatic rings. The molecule has 2 nitrogen and oxygen atoms in total. The average molecular weight is 192 g/mol. The first-order valence-electron chi connectivity index (χ1n) is 5.13. The molecule has 14 heavy (non-hydrogen) atoms. The van der Waals surface area contributed by atoms with Gasteiger partial charge in [0.2, 0.25) is 0 Å². The van der Waals surface area contributed by atoms with Crippen LogP contribution in [0.2, 0.25) is 0 Å². The zero-order valence-corrected chi connectivity index (χ0v) is 8.23. The molecule has 0 bridgehead atoms. The molecule has 1 unspecified atom stereocenters. The lowest BCUT2D eigenvalue weighted by Crippen LogP contribution is -2.29. The van der Waals surface area contributed by atoms with Gasteiger partial charge in [-0.3, -0.25) is 0 Å². The Morgan fingerprint density at radius 3 is 2.50 bits per heavy atom. The molecule has 0 spiro atoms. The zero-order valence-electron chi connectivity index (χ0n) is 8.23. The van der Waals surface area contributed by atoms with Crippen molar-refractivity contribution in [3.05, 3.63) is 35.9 Å². The summed E-state index contributed by atoms with van der Waals surface area (Å²) in [5.41, 5.74) is 1.24. The minimum atomic E-state index is 0.237. The molecule has 1 aromatic carbocycles. The summed E-state index contributed by atoms with van der Waals surface area (Å²) in [7, 11) is 0. The standard InChI is InChI=1S/C12H16O2/c13-7-12(6-10-8-14-9-10)11-4-2-1-3-5-11/h1-5,10,12-13H,6-9H2. The van der Waals surface area contributed by atoms with E-state index in [2.05, 4.69) is 12.1 Å². The van der Waals surface area contributed by atoms with Gasteiger partial charge in [0.25, 0.3) is 0 Å². The molecule has 1 aliphatic heterocycles. The normalized spacial score (nSPS) is 18.9. The highest BCUT2D eigenvalue weighted by atomic mass is 16.5. The van der Waals surface area contributed by atoms with Gasteiger partial charge >= 0.3 is 0 Å². The fourth-order valence-electron chi connectivity index (χ4n) is 1.86. The molecule has 0 amide bonds. The molecule has 1 aromatic rings. The molecule has 0 aromatic heterocycles. The Balaban J connectivity index is 1.98. The van der Waals surface area contributed by atoms with Gasteiger partial charge < -0.3 is 9.84 Å². The maximum atomic E-state index is 9.31. The van der Waals surface area contributed by atoms with E-state index in [9.17, 15) is 5.11 Å². The van der Waals surface area contributed by atoms with Crippen molar-refractivity contribution in [3.8, 4) is 0 Å². The summed E-state index contributed by atoms with van der Waals surface area (Å²) in [5, 5.41) is 9.31. The van der Waals surface area contributed by atoms with Crippen molar-refractivity contribution in [2.24, 2.45) is 5.92 Å². The third kappa shape index (κ3) is 2.14. The predicted molar refractivity (Wildman–Crippen MR) is 55.2 cm³/mol. The number of hydrogen-bond acceptors (Lipinski definition) is 2. The lowest BCUT2D eigenvalue weighted by atomic mass is 9.88. The Kier molecular flexibility index (Phi) is 3.17. The molecule has 1 atom stereocenters. The lowest BCUT2D eigenvalue weighted by Gasteiger charge is -2.29. The molecule has 0 aliphatic carbocycles. The maximum absolute atomic E-state index is 9.31. The maximum Gasteiger partial charge on any atom is 0.0516 e. The molecular formula is C12H16O2. The van der Waals surface area contributed by atoms with Gasteiger partial charge in [0, 0.05) is 18.4 Å². The van der Waals surface area contributed by atoms with Crippen LogP contribution in [0.3, 0.4) is 0 Å². The van der Waals surface area contributed by atoms with E-state index < -0.39 is 0 Å². The van der Waals surface area contributed by atoms with Gasteiger partial charge in [-0.25, -0.2) is 0 Å². The molecule has 1 N–H and O–H groups in total. The summed E-state index contributed by atoms with van der Waals surface area (Å²) < 4.78 is 5.13. The van der Waals surface area contributed by atoms with Crippen molar-refractivity contribution in [1.82, 2.24) is 0 Å². The second-order valence-electron chi connectivity index (χ2n) is 3.93. The van der Waals surface area contributed by atoms with Gasteiger partial charge in [0.15, 0.2) is 0 Å². The molecule has 1 heterocycles. The zero-order chi connectivity index (χ0) is 9.80. The highest BCUT2D eigenvalue weighted by molar-refractivity contribution is 5.19. The van der Waals surface area contributed by atoms with E-state index in [-0.39, 0.29) is 12.5 Å². The molecule has 1 fully saturated rings. The van der Waals surface area contributed by atoms with Crippen LogP contribution >= 0.6 is 0 Å². The van der Waals surface area contributed by atoms with Crippen molar-refractivity contribution in [1.29, 1.82) is 0 Å². The summed E-state index contributed by atoms with van der Waals surface area (Å²) >= 11 is 0. The molecule has 2 rings (SSSR count). The fourth-order valence-corrected chi connectivity index (χ4v) is 1.86. The first-order valence-corrected chi connectivity index (χ1v) is 5.13. The minimum Gasteiger partial charge on any atom is -0.396 e. The van der Waals surface area contributed by atoms with Crippen LogP contribution in [0.5, 0.6) is 0 Å². The SMILES string of the molecule is OCC(CC1COC1)c1ccccc1. The largest absolute Gasteiger partial charge is 0.396 e. The quantitative estimate of drug-likeness (QED) is 0.788. The van der Waals surface area contributed by atoms with E-state index in [1.54, 1.807) is 0 Å². The monoisotopic (exact) mass is 192 g/mol. The van der Waals surface area contributed by atoms with E-state index in [1.165, 1.54) is 5.56 Å². The van der Waals surface area contributed by atoms with Crippen molar-refractivity contribution in [2.45, 2.75) is 12.3 Å². The predicted octanol–water partition coefficient (Wildman–Crippen LogP) is 1.80. The first-order chi connectivity index (χ1) is 6.90. The van der Waals surface area contributed by atoms with Crippen molar-refractivity contribution < 1.29 is 9.84 Å². The second kappa shape index (κ2) is 4.58. The van der Waals surface area contributed by atoms with Crippen LogP contribution in [-0.2, 0) is 4.74 Å². The number of hydrogen-bond donors (Lipinski definition) is 1. The third-order valence-corrected chi connectivity index (χ3v) is 2.82. The number of aliphatic hydroxyl groups excluding tert-OH is 1. The van der Waals surface area contributed by atoms with Crippen LogP contribution in [0.1, 0.15) is 17.9 Å². The summed E-state index contributed by atoms with van der Waals surface area (Å²) in [6.45, 7) is 1.97. The van der Waals surface area contributed by atoms with Gasteiger partial charge in [-0.15, -0.1) is 0 Å². The number of rotatable bonds is 4. The summed E-state index contributed by atoms with van der Waals surface area (Å²) in [5.74, 6) is 0.928. The van der Waals surface area contributed by atoms with Crippen LogP contribution in [-0.4, -0.2) is 24.9 Å². The van der Waals surface area contributed by atoms with Crippen LogP contribution in [0, 0.1) is 5.92 Å². The molecule has 2 heteroatoms. The van der Waals surface area contributed by atoms with E-state index in [4.69, 9.17) is 4.74 Å². The number of aliphatic hydroxyl groups is 1. The van der Waals surface area contributed by atoms with Crippen LogP contribution in [0.15, 0.2) is 30.3 Å². The van der Waals surface area contributed by atoms with Gasteiger partial charge in [0.1, 0.15) is 0 Å². The molecule has 1 saturated heterocycles. The molecular weight excluding hydrogens is 176 g/mol. The van der Waals surface area contributed by atoms with E-state index in [1.807, 2.05) is 18.2 Å². The first kappa shape index (κ1) is 9.69. The molecule has 0 saturated carbocycles. The van der Waals surface area contributed by atoms with Gasteiger partial charge in [-0.2, -0.15) is 0 Å². The second-order valence-corrected chi connectivity index (χ2v) is 3.93. The van der Waals surface area contributed by atoms with Gasteiger partial charge in [-0.05, 0) is 12.0 Å². The van der Waals surface area contributed by atoms with Crippen LogP contribution < -0.4 is 0 Å². The minimum absolute atomic E-state index is 0.237. The lowest BCUT2D eigenvalue weighted by molar-refractivity contribution is -0.0405. The third-order valence-electron chi connectivity index (χ3n) is 2.82. The summed E-state index contributed by atoms with van der Waals surface area (Å²) in [4.78, 5) is 0. The number of ether oxygens (including phenoxy) is 1. The fraction of sp³-hybridized carbons (Fsp3) is 0.500. The Bertz CT molecular complexity index is 267. The van der Waals surface area contributed by atoms with E-state index in [0.29, 0.717) is 5.92 Å². The number of benzene rings is 1. The Labute approximate surface area is 84.5 Å². The Morgan fingerprint density at radius 2 is 2.00 bits per heavy atom. The van der Waals surface area contributed by atoms with Gasteiger partial charge in [-0.1, -0.05) is 30.3 Å². The molecule has 0 radical (unpaired) electrons. The van der Waals surface area contributed by atoms with E-state index in [0.717, 1.165) is 19.6 Å². The highest BCUT2D eigenvalue weighted by Gasteiger charge is 2.23. The van der Waals surface area contributed by atoms with E-state index >= 15 is 0 Å². The molecule has 76 valence electrons. The summed E-state index contributed by atoms with van der Waals surface area (Å²) in [6.07, 6.45) is 1.04. The van der Waals surface area contributed by atoms with Crippen molar-refractivity contribution >= 4 is 0 Å². The van der Waals surface area contributed by atoms with Crippen molar-refractivity contribution in [2.75, 3.05) is 19.8 Å². The van der Waals surface area contributed by atoms with Gasteiger partial charge in [0.05, 0.1) is 13.2 Å². The summed E-state index contributed by atoms with van der Waals surface area (Å²) in [6, 6.07) is 10.2.